The van der Waals surface area contributed by atoms with Crippen LogP contribution in [0.2, 0.25) is 0 Å². The van der Waals surface area contributed by atoms with Crippen molar-refractivity contribution in [1.29, 1.82) is 0 Å². The van der Waals surface area contributed by atoms with Crippen LogP contribution in [0.25, 0.3) is 0 Å². The summed E-state index contributed by atoms with van der Waals surface area (Å²) in [5.74, 6) is 7.57. The van der Waals surface area contributed by atoms with Gasteiger partial charge < -0.3 is 15.2 Å². The van der Waals surface area contributed by atoms with Crippen LogP contribution < -0.4 is 10.1 Å². The summed E-state index contributed by atoms with van der Waals surface area (Å²) in [6, 6.07) is 14.2. The van der Waals surface area contributed by atoms with Gasteiger partial charge in [0.05, 0.1) is 19.3 Å². The summed E-state index contributed by atoms with van der Waals surface area (Å²) in [5.41, 5.74) is 5.82. The van der Waals surface area contributed by atoms with Crippen molar-refractivity contribution in [2.75, 3.05) is 7.11 Å². The number of aromatic nitrogens is 2. The summed E-state index contributed by atoms with van der Waals surface area (Å²) in [4.78, 5) is 13.4. The van der Waals surface area contributed by atoms with Gasteiger partial charge in [0.1, 0.15) is 11.3 Å². The van der Waals surface area contributed by atoms with E-state index >= 15 is 0 Å². The van der Waals surface area contributed by atoms with E-state index in [9.17, 15) is 9.90 Å². The van der Waals surface area contributed by atoms with Crippen molar-refractivity contribution in [3.05, 3.63) is 75.2 Å². The van der Waals surface area contributed by atoms with Gasteiger partial charge >= 0.3 is 0 Å². The van der Waals surface area contributed by atoms with Gasteiger partial charge in [-0.25, -0.2) is 0 Å². The molecule has 3 aromatic rings. The fourth-order valence-corrected chi connectivity index (χ4v) is 6.67. The number of amides is 1. The van der Waals surface area contributed by atoms with Gasteiger partial charge in [0.2, 0.25) is 5.91 Å². The molecule has 1 aromatic heterocycles. The lowest BCUT2D eigenvalue weighted by Crippen LogP contribution is -2.41. The molecule has 0 radical (unpaired) electrons. The Kier molecular flexibility index (Phi) is 8.95. The smallest absolute Gasteiger partial charge is 0.223 e. The Morgan fingerprint density at radius 1 is 1.10 bits per heavy atom. The second kappa shape index (κ2) is 12.8. The first-order valence-electron chi connectivity index (χ1n) is 14.0. The predicted octanol–water partition coefficient (Wildman–Crippen LogP) is 5.94. The van der Waals surface area contributed by atoms with Crippen LogP contribution in [-0.2, 0) is 4.79 Å². The van der Waals surface area contributed by atoms with Crippen LogP contribution in [-0.4, -0.2) is 34.4 Å². The largest absolute Gasteiger partial charge is 0.496 e. The average Bonchev–Trinajstić information content (AvgIpc) is 3.49. The minimum Gasteiger partial charge on any atom is -0.496 e. The van der Waals surface area contributed by atoms with Crippen LogP contribution in [0.1, 0.15) is 90.6 Å². The molecule has 1 heterocycles. The Balaban J connectivity index is 1.37. The highest BCUT2D eigenvalue weighted by molar-refractivity contribution is 7.09. The van der Waals surface area contributed by atoms with Crippen molar-refractivity contribution in [2.24, 2.45) is 11.8 Å². The Morgan fingerprint density at radius 3 is 2.67 bits per heavy atom. The molecule has 5 rings (SSSR count). The van der Waals surface area contributed by atoms with E-state index < -0.39 is 6.10 Å². The quantitative estimate of drug-likeness (QED) is 0.376. The van der Waals surface area contributed by atoms with E-state index in [2.05, 4.69) is 51.6 Å². The van der Waals surface area contributed by atoms with Crippen molar-refractivity contribution >= 4 is 17.2 Å². The molecule has 39 heavy (non-hydrogen) atoms. The summed E-state index contributed by atoms with van der Waals surface area (Å²) >= 11 is 1.41. The van der Waals surface area contributed by atoms with E-state index in [0.29, 0.717) is 11.4 Å². The van der Waals surface area contributed by atoms with Crippen LogP contribution in [0.4, 0.5) is 0 Å². The van der Waals surface area contributed by atoms with Crippen LogP contribution >= 0.6 is 11.3 Å². The number of aryl methyl sites for hydroxylation is 1. The number of nitrogens with zero attached hydrogens (tertiary/aromatic N) is 2. The molecule has 6 nitrogen and oxygen atoms in total. The topological polar surface area (TPSA) is 84.3 Å². The molecule has 2 fully saturated rings. The lowest BCUT2D eigenvalue weighted by Gasteiger charge is -2.38. The summed E-state index contributed by atoms with van der Waals surface area (Å²) in [6.45, 7) is 2.04. The molecule has 4 unspecified atom stereocenters. The number of aliphatic hydroxyl groups excluding tert-OH is 1. The molecule has 4 atom stereocenters. The highest BCUT2D eigenvalue weighted by Crippen LogP contribution is 2.42. The normalized spacial score (nSPS) is 22.4. The zero-order valence-corrected chi connectivity index (χ0v) is 23.5. The monoisotopic (exact) mass is 543 g/mol. The zero-order chi connectivity index (χ0) is 27.2. The van der Waals surface area contributed by atoms with Gasteiger partial charge in [-0.15, -0.1) is 10.2 Å². The maximum Gasteiger partial charge on any atom is 0.223 e. The van der Waals surface area contributed by atoms with Gasteiger partial charge in [-0.05, 0) is 85.8 Å². The minimum atomic E-state index is -0.481. The molecule has 204 valence electrons. The average molecular weight is 544 g/mol. The number of benzene rings is 2. The molecule has 2 saturated carbocycles. The fraction of sp³-hybridized carbons (Fsp3) is 0.469. The number of rotatable bonds is 6. The van der Waals surface area contributed by atoms with Crippen LogP contribution in [0.3, 0.4) is 0 Å². The summed E-state index contributed by atoms with van der Waals surface area (Å²) in [7, 11) is 1.68. The highest BCUT2D eigenvalue weighted by Gasteiger charge is 2.36. The van der Waals surface area contributed by atoms with Crippen LogP contribution in [0, 0.1) is 30.6 Å². The number of carbonyl (C=O) groups excluding carboxylic acids is 1. The number of aliphatic hydroxyl groups is 1. The van der Waals surface area contributed by atoms with Crippen LogP contribution in [0.5, 0.6) is 5.75 Å². The molecule has 2 aromatic carbocycles. The Hall–Kier alpha value is -3.21. The molecule has 2 aliphatic rings. The third-order valence-corrected chi connectivity index (χ3v) is 8.98. The third kappa shape index (κ3) is 6.69. The Morgan fingerprint density at radius 2 is 1.95 bits per heavy atom. The lowest BCUT2D eigenvalue weighted by molar-refractivity contribution is -0.127. The first kappa shape index (κ1) is 27.4. The second-order valence-electron chi connectivity index (χ2n) is 10.9. The molecular weight excluding hydrogens is 506 g/mol. The Labute approximate surface area is 235 Å². The number of nitrogens with one attached hydrogen (secondary N) is 1. The zero-order valence-electron chi connectivity index (χ0n) is 22.7. The van der Waals surface area contributed by atoms with E-state index in [0.717, 1.165) is 66.5 Å². The van der Waals surface area contributed by atoms with Gasteiger partial charge in [0.25, 0.3) is 0 Å². The van der Waals surface area contributed by atoms with Crippen molar-refractivity contribution in [2.45, 2.75) is 76.4 Å². The highest BCUT2D eigenvalue weighted by atomic mass is 32.1. The van der Waals surface area contributed by atoms with Crippen molar-refractivity contribution in [3.63, 3.8) is 0 Å². The fourth-order valence-electron chi connectivity index (χ4n) is 6.27. The van der Waals surface area contributed by atoms with Gasteiger partial charge in [-0.1, -0.05) is 60.8 Å². The molecule has 0 bridgehead atoms. The molecular formula is C32H37N3O3S. The molecule has 1 amide bonds. The molecule has 0 saturated heterocycles. The summed E-state index contributed by atoms with van der Waals surface area (Å²) in [6.07, 6.45) is 7.29. The summed E-state index contributed by atoms with van der Waals surface area (Å²) in [5, 5.41) is 23.3. The maximum absolute atomic E-state index is 13.4. The molecule has 0 spiro atoms. The number of ether oxygens (including phenoxy) is 1. The van der Waals surface area contributed by atoms with Gasteiger partial charge in [0.15, 0.2) is 5.01 Å². The van der Waals surface area contributed by atoms with E-state index in [1.807, 2.05) is 25.1 Å². The molecule has 7 heteroatoms. The van der Waals surface area contributed by atoms with Gasteiger partial charge in [0, 0.05) is 17.4 Å². The Bertz CT molecular complexity index is 1320. The standard InChI is InChI=1S/C32H37N3O3S/c1-21-17-24(13-15-29(21)38-2)27-14-12-26(19-28(27)36)31(34-32(37)23-8-4-3-5-9-23)25-10-6-7-22(18-25)11-16-30-35-33-20-39-30/h6-7,10,13,15,17-18,20,23,26-28,31,36H,3-5,8-9,12,14,19H2,1-2H3,(H,34,37). The maximum atomic E-state index is 13.4. The lowest BCUT2D eigenvalue weighted by atomic mass is 9.72. The first-order chi connectivity index (χ1) is 19.0. The molecule has 0 aliphatic heterocycles. The third-order valence-electron chi connectivity index (χ3n) is 8.37. The van der Waals surface area contributed by atoms with E-state index in [-0.39, 0.29) is 29.7 Å². The second-order valence-corrected chi connectivity index (χ2v) is 11.7. The van der Waals surface area contributed by atoms with E-state index in [4.69, 9.17) is 4.74 Å². The van der Waals surface area contributed by atoms with E-state index in [1.54, 1.807) is 12.6 Å². The minimum absolute atomic E-state index is 0.0738. The van der Waals surface area contributed by atoms with Gasteiger partial charge in [-0.3, -0.25) is 4.79 Å². The van der Waals surface area contributed by atoms with Crippen LogP contribution in [0.15, 0.2) is 48.0 Å². The predicted molar refractivity (Wildman–Crippen MR) is 154 cm³/mol. The summed E-state index contributed by atoms with van der Waals surface area (Å²) < 4.78 is 5.43. The van der Waals surface area contributed by atoms with Crippen molar-refractivity contribution in [3.8, 4) is 17.6 Å². The van der Waals surface area contributed by atoms with Crippen molar-refractivity contribution in [1.82, 2.24) is 15.5 Å². The number of methoxy groups -OCH3 is 1. The number of hydrogen-bond acceptors (Lipinski definition) is 6. The van der Waals surface area contributed by atoms with Crippen molar-refractivity contribution < 1.29 is 14.6 Å². The van der Waals surface area contributed by atoms with E-state index in [1.165, 1.54) is 17.8 Å². The first-order valence-corrected chi connectivity index (χ1v) is 14.9. The molecule has 2 aliphatic carbocycles. The molecule has 2 N–H and O–H groups in total. The number of hydrogen-bond donors (Lipinski definition) is 2. The SMILES string of the molecule is COc1ccc(C2CCC(C(NC(=O)C3CCCCC3)c3cccc(C#Cc4nncs4)c3)CC2O)cc1C. The number of carbonyl (C=O) groups is 1. The van der Waals surface area contributed by atoms with Gasteiger partial charge in [-0.2, -0.15) is 0 Å².